The number of hydrogen-bond donors (Lipinski definition) is 1. The predicted molar refractivity (Wildman–Crippen MR) is 72.7 cm³/mol. The topological polar surface area (TPSA) is 29.3 Å². The lowest BCUT2D eigenvalue weighted by atomic mass is 10.1. The lowest BCUT2D eigenvalue weighted by Gasteiger charge is -2.26. The Morgan fingerprint density at radius 2 is 2.19 bits per heavy atom. The van der Waals surface area contributed by atoms with Crippen molar-refractivity contribution in [1.29, 1.82) is 0 Å². The molecule has 3 heteroatoms. The van der Waals surface area contributed by atoms with Crippen LogP contribution in [0, 0.1) is 0 Å². The molecular weight excluding hydrogens is 264 g/mol. The van der Waals surface area contributed by atoms with Gasteiger partial charge in [0.25, 0.3) is 0 Å². The van der Waals surface area contributed by atoms with E-state index in [-0.39, 0.29) is 0 Å². The molecule has 1 saturated carbocycles. The summed E-state index contributed by atoms with van der Waals surface area (Å²) in [4.78, 5) is 2.52. The third kappa shape index (κ3) is 2.58. The molecule has 2 nitrogen and oxygen atoms in total. The molecule has 0 amide bonds. The van der Waals surface area contributed by atoms with Crippen molar-refractivity contribution >= 4 is 21.6 Å². The molecule has 0 saturated heterocycles. The van der Waals surface area contributed by atoms with Gasteiger partial charge in [0.05, 0.1) is 0 Å². The number of anilines is 1. The molecule has 2 rings (SSSR count). The molecule has 0 heterocycles. The lowest BCUT2D eigenvalue weighted by Crippen LogP contribution is -2.27. The van der Waals surface area contributed by atoms with Gasteiger partial charge in [-0.25, -0.2) is 0 Å². The third-order valence-electron chi connectivity index (χ3n) is 3.02. The summed E-state index contributed by atoms with van der Waals surface area (Å²) >= 11 is 3.50. The summed E-state index contributed by atoms with van der Waals surface area (Å²) in [6.07, 6.45) is 3.86. The fourth-order valence-corrected chi connectivity index (χ4v) is 2.53. The molecule has 88 valence electrons. The number of benzene rings is 1. The van der Waals surface area contributed by atoms with E-state index in [9.17, 15) is 0 Å². The summed E-state index contributed by atoms with van der Waals surface area (Å²) in [6, 6.07) is 7.20. The molecule has 1 fully saturated rings. The van der Waals surface area contributed by atoms with Crippen LogP contribution in [0.1, 0.15) is 31.7 Å². The third-order valence-corrected chi connectivity index (χ3v) is 3.52. The van der Waals surface area contributed by atoms with E-state index >= 15 is 0 Å². The second-order valence-corrected chi connectivity index (χ2v) is 5.32. The van der Waals surface area contributed by atoms with Gasteiger partial charge in [0.1, 0.15) is 0 Å². The number of nitrogens with two attached hydrogens (primary N) is 1. The first-order valence-electron chi connectivity index (χ1n) is 6.01. The van der Waals surface area contributed by atoms with Crippen LogP contribution in [0.3, 0.4) is 0 Å². The Morgan fingerprint density at radius 3 is 2.75 bits per heavy atom. The van der Waals surface area contributed by atoms with E-state index in [0.29, 0.717) is 6.54 Å². The fraction of sp³-hybridized carbons (Fsp3) is 0.538. The molecule has 0 spiro atoms. The molecule has 1 aromatic rings. The van der Waals surface area contributed by atoms with Crippen molar-refractivity contribution in [2.24, 2.45) is 5.73 Å². The maximum Gasteiger partial charge on any atom is 0.0415 e. The van der Waals surface area contributed by atoms with E-state index < -0.39 is 0 Å². The minimum atomic E-state index is 0.613. The van der Waals surface area contributed by atoms with Gasteiger partial charge in [0.2, 0.25) is 0 Å². The van der Waals surface area contributed by atoms with Gasteiger partial charge in [0, 0.05) is 29.3 Å². The zero-order chi connectivity index (χ0) is 11.5. The summed E-state index contributed by atoms with van der Waals surface area (Å²) in [5.74, 6) is 0. The van der Waals surface area contributed by atoms with Gasteiger partial charge in [0.15, 0.2) is 0 Å². The van der Waals surface area contributed by atoms with E-state index in [0.717, 1.165) is 17.1 Å². The Morgan fingerprint density at radius 1 is 1.44 bits per heavy atom. The Labute approximate surface area is 106 Å². The van der Waals surface area contributed by atoms with Gasteiger partial charge in [-0.2, -0.15) is 0 Å². The Hall–Kier alpha value is -0.540. The van der Waals surface area contributed by atoms with Crippen molar-refractivity contribution < 1.29 is 0 Å². The highest BCUT2D eigenvalue weighted by atomic mass is 79.9. The van der Waals surface area contributed by atoms with Crippen LogP contribution in [-0.2, 0) is 6.54 Å². The van der Waals surface area contributed by atoms with E-state index in [1.165, 1.54) is 30.5 Å². The second-order valence-electron chi connectivity index (χ2n) is 4.40. The maximum atomic E-state index is 5.83. The molecule has 0 aromatic heterocycles. The molecule has 2 N–H and O–H groups in total. The molecule has 16 heavy (non-hydrogen) atoms. The molecule has 0 atom stereocenters. The van der Waals surface area contributed by atoms with Crippen molar-refractivity contribution in [2.45, 2.75) is 38.8 Å². The number of halogens is 1. The van der Waals surface area contributed by atoms with Crippen LogP contribution in [0.4, 0.5) is 5.69 Å². The summed E-state index contributed by atoms with van der Waals surface area (Å²) in [5, 5.41) is 0. The van der Waals surface area contributed by atoms with E-state index in [1.807, 2.05) is 0 Å². The van der Waals surface area contributed by atoms with Crippen LogP contribution in [-0.4, -0.2) is 12.6 Å². The van der Waals surface area contributed by atoms with E-state index in [4.69, 9.17) is 5.73 Å². The molecule has 0 radical (unpaired) electrons. The van der Waals surface area contributed by atoms with Gasteiger partial charge in [-0.05, 0) is 43.0 Å². The monoisotopic (exact) mass is 282 g/mol. The zero-order valence-corrected chi connectivity index (χ0v) is 11.3. The normalized spacial score (nSPS) is 15.2. The van der Waals surface area contributed by atoms with Crippen LogP contribution in [0.15, 0.2) is 22.7 Å². The molecule has 1 aliphatic rings. The number of rotatable bonds is 5. The minimum Gasteiger partial charge on any atom is -0.368 e. The molecular formula is C13H19BrN2. The first kappa shape index (κ1) is 11.9. The quantitative estimate of drug-likeness (QED) is 0.898. The van der Waals surface area contributed by atoms with Crippen LogP contribution in [0.5, 0.6) is 0 Å². The Balaban J connectivity index is 2.28. The summed E-state index contributed by atoms with van der Waals surface area (Å²) in [7, 11) is 0. The average molecular weight is 283 g/mol. The van der Waals surface area contributed by atoms with Crippen molar-refractivity contribution in [3.63, 3.8) is 0 Å². The molecule has 1 aromatic carbocycles. The van der Waals surface area contributed by atoms with E-state index in [1.54, 1.807) is 0 Å². The van der Waals surface area contributed by atoms with Gasteiger partial charge in [-0.3, -0.25) is 0 Å². The number of nitrogens with zero attached hydrogens (tertiary/aromatic N) is 1. The average Bonchev–Trinajstić information content (AvgIpc) is 3.10. The van der Waals surface area contributed by atoms with Crippen molar-refractivity contribution in [1.82, 2.24) is 0 Å². The van der Waals surface area contributed by atoms with Gasteiger partial charge < -0.3 is 10.6 Å². The second kappa shape index (κ2) is 5.19. The zero-order valence-electron chi connectivity index (χ0n) is 9.75. The van der Waals surface area contributed by atoms with Gasteiger partial charge in [-0.15, -0.1) is 0 Å². The highest BCUT2D eigenvalue weighted by Gasteiger charge is 2.29. The molecule has 0 unspecified atom stereocenters. The Kier molecular flexibility index (Phi) is 3.87. The van der Waals surface area contributed by atoms with Crippen molar-refractivity contribution in [3.05, 3.63) is 28.2 Å². The summed E-state index contributed by atoms with van der Waals surface area (Å²) < 4.78 is 1.11. The number of hydrogen-bond acceptors (Lipinski definition) is 2. The van der Waals surface area contributed by atoms with Crippen LogP contribution >= 0.6 is 15.9 Å². The fourth-order valence-electron chi connectivity index (χ4n) is 2.12. The standard InChI is InChI=1S/C13H19BrN2/c1-2-7-16(12-4-5-12)13-6-3-11(14)8-10(13)9-15/h3,6,8,12H,2,4-5,7,9,15H2,1H3. The first-order chi connectivity index (χ1) is 7.76. The van der Waals surface area contributed by atoms with Gasteiger partial charge in [-0.1, -0.05) is 22.9 Å². The van der Waals surface area contributed by atoms with Crippen LogP contribution in [0.2, 0.25) is 0 Å². The smallest absolute Gasteiger partial charge is 0.0415 e. The molecule has 0 aliphatic heterocycles. The predicted octanol–water partition coefficient (Wildman–Crippen LogP) is 3.29. The van der Waals surface area contributed by atoms with E-state index in [2.05, 4.69) is 46.0 Å². The summed E-state index contributed by atoms with van der Waals surface area (Å²) in [5.41, 5.74) is 8.40. The van der Waals surface area contributed by atoms with Crippen molar-refractivity contribution in [2.75, 3.05) is 11.4 Å². The first-order valence-corrected chi connectivity index (χ1v) is 6.80. The largest absolute Gasteiger partial charge is 0.368 e. The summed E-state index contributed by atoms with van der Waals surface area (Å²) in [6.45, 7) is 3.98. The van der Waals surface area contributed by atoms with Crippen molar-refractivity contribution in [3.8, 4) is 0 Å². The highest BCUT2D eigenvalue weighted by molar-refractivity contribution is 9.10. The highest BCUT2D eigenvalue weighted by Crippen LogP contribution is 2.34. The lowest BCUT2D eigenvalue weighted by molar-refractivity contribution is 0.757. The minimum absolute atomic E-state index is 0.613. The maximum absolute atomic E-state index is 5.83. The Bertz CT molecular complexity index is 361. The van der Waals surface area contributed by atoms with Crippen LogP contribution < -0.4 is 10.6 Å². The molecule has 0 bridgehead atoms. The van der Waals surface area contributed by atoms with Gasteiger partial charge >= 0.3 is 0 Å². The SMILES string of the molecule is CCCN(c1ccc(Br)cc1CN)C1CC1. The molecule has 1 aliphatic carbocycles. The van der Waals surface area contributed by atoms with Crippen LogP contribution in [0.25, 0.3) is 0 Å².